The average molecular weight is 653 g/mol. The lowest BCUT2D eigenvalue weighted by molar-refractivity contribution is -0.112. The number of rotatable bonds is 9. The van der Waals surface area contributed by atoms with E-state index in [1.807, 2.05) is 60.7 Å². The van der Waals surface area contributed by atoms with Gasteiger partial charge in [-0.2, -0.15) is 5.26 Å². The number of ether oxygens (including phenoxy) is 2. The van der Waals surface area contributed by atoms with Crippen LogP contribution in [0.1, 0.15) is 16.7 Å². The zero-order chi connectivity index (χ0) is 26.9. The van der Waals surface area contributed by atoms with Crippen LogP contribution in [0.4, 0.5) is 5.69 Å². The summed E-state index contributed by atoms with van der Waals surface area (Å²) in [6, 6.07) is 29.9. The first-order chi connectivity index (χ1) is 18.4. The topological polar surface area (TPSA) is 71.3 Å². The molecule has 0 aliphatic heterocycles. The van der Waals surface area contributed by atoms with Crippen molar-refractivity contribution in [2.45, 2.75) is 13.2 Å². The molecule has 0 atom stereocenters. The van der Waals surface area contributed by atoms with Crippen molar-refractivity contribution < 1.29 is 14.3 Å². The molecule has 8 heteroatoms. The van der Waals surface area contributed by atoms with Crippen LogP contribution in [-0.4, -0.2) is 5.91 Å². The first kappa shape index (κ1) is 27.5. The fourth-order valence-corrected chi connectivity index (χ4v) is 4.68. The van der Waals surface area contributed by atoms with Crippen LogP contribution in [-0.2, 0) is 18.0 Å². The molecule has 0 aliphatic rings. The molecule has 5 nitrogen and oxygen atoms in total. The van der Waals surface area contributed by atoms with Crippen LogP contribution >= 0.6 is 43.5 Å². The Bertz CT molecular complexity index is 1460. The van der Waals surface area contributed by atoms with Gasteiger partial charge < -0.3 is 14.8 Å². The van der Waals surface area contributed by atoms with Gasteiger partial charge in [0.1, 0.15) is 30.6 Å². The molecule has 0 aliphatic carbocycles. The number of hydrogen-bond donors (Lipinski definition) is 1. The standard InChI is InChI=1S/C30H21Br2ClN2O3/c31-24-8-6-21(7-9-24)19-38-29-27(32)15-22(16-28(29)33)14-23(17-34)30(36)35-25-10-12-26(13-11-25)37-18-20-4-2-1-3-5-20/h1-16H,18-19H2,(H,35,36)/b23-14+. The van der Waals surface area contributed by atoms with Gasteiger partial charge in [0.15, 0.2) is 5.75 Å². The summed E-state index contributed by atoms with van der Waals surface area (Å²) in [5, 5.41) is 12.7. The van der Waals surface area contributed by atoms with Gasteiger partial charge in [0.2, 0.25) is 0 Å². The molecule has 0 unspecified atom stereocenters. The monoisotopic (exact) mass is 650 g/mol. The SMILES string of the molecule is N#C/C(=C\c1cc(Cl)c(OCc2ccc(Br)cc2)c(Br)c1)C(=O)Nc1ccc(OCc2ccccc2)cc1. The van der Waals surface area contributed by atoms with Gasteiger partial charge in [-0.1, -0.05) is 70.0 Å². The van der Waals surface area contributed by atoms with Crippen LogP contribution in [0.15, 0.2) is 106 Å². The summed E-state index contributed by atoms with van der Waals surface area (Å²) in [4.78, 5) is 12.8. The van der Waals surface area contributed by atoms with Gasteiger partial charge in [0.05, 0.1) is 9.50 Å². The lowest BCUT2D eigenvalue weighted by atomic mass is 10.1. The highest BCUT2D eigenvalue weighted by atomic mass is 79.9. The molecule has 0 aromatic heterocycles. The highest BCUT2D eigenvalue weighted by Crippen LogP contribution is 2.36. The second-order valence-electron chi connectivity index (χ2n) is 8.15. The molecule has 0 spiro atoms. The number of carbonyl (C=O) groups excluding carboxylic acids is 1. The van der Waals surface area contributed by atoms with E-state index in [1.165, 1.54) is 6.08 Å². The van der Waals surface area contributed by atoms with E-state index in [0.717, 1.165) is 15.6 Å². The number of halogens is 3. The van der Waals surface area contributed by atoms with Crippen molar-refractivity contribution in [2.24, 2.45) is 0 Å². The van der Waals surface area contributed by atoms with Gasteiger partial charge in [-0.15, -0.1) is 0 Å². The van der Waals surface area contributed by atoms with E-state index in [2.05, 4.69) is 37.2 Å². The van der Waals surface area contributed by atoms with Crippen molar-refractivity contribution in [3.63, 3.8) is 0 Å². The molecule has 190 valence electrons. The molecule has 0 heterocycles. The van der Waals surface area contributed by atoms with E-state index in [-0.39, 0.29) is 5.57 Å². The Morgan fingerprint density at radius 3 is 2.21 bits per heavy atom. The Balaban J connectivity index is 1.39. The number of nitriles is 1. The zero-order valence-corrected chi connectivity index (χ0v) is 23.9. The summed E-state index contributed by atoms with van der Waals surface area (Å²) in [6.07, 6.45) is 1.47. The van der Waals surface area contributed by atoms with E-state index in [4.69, 9.17) is 21.1 Å². The van der Waals surface area contributed by atoms with Gasteiger partial charge in [-0.25, -0.2) is 0 Å². The number of benzene rings is 4. The summed E-state index contributed by atoms with van der Waals surface area (Å²) in [5.74, 6) is 0.613. The smallest absolute Gasteiger partial charge is 0.266 e. The number of nitrogens with zero attached hydrogens (tertiary/aromatic N) is 1. The minimum Gasteiger partial charge on any atom is -0.489 e. The second kappa shape index (κ2) is 13.3. The summed E-state index contributed by atoms with van der Waals surface area (Å²) >= 11 is 13.3. The fraction of sp³-hybridized carbons (Fsp3) is 0.0667. The summed E-state index contributed by atoms with van der Waals surface area (Å²) in [7, 11) is 0. The van der Waals surface area contributed by atoms with Crippen LogP contribution in [0.2, 0.25) is 5.02 Å². The molecule has 0 fully saturated rings. The summed E-state index contributed by atoms with van der Waals surface area (Å²) in [5.41, 5.74) is 3.10. The molecule has 0 saturated heterocycles. The Labute approximate surface area is 242 Å². The summed E-state index contributed by atoms with van der Waals surface area (Å²) in [6.45, 7) is 0.781. The predicted molar refractivity (Wildman–Crippen MR) is 157 cm³/mol. The van der Waals surface area contributed by atoms with E-state index >= 15 is 0 Å². The first-order valence-electron chi connectivity index (χ1n) is 11.5. The summed E-state index contributed by atoms with van der Waals surface area (Å²) < 4.78 is 13.3. The third-order valence-electron chi connectivity index (χ3n) is 5.35. The van der Waals surface area contributed by atoms with Gasteiger partial charge in [0, 0.05) is 10.2 Å². The third kappa shape index (κ3) is 7.72. The van der Waals surface area contributed by atoms with Crippen LogP contribution in [0.5, 0.6) is 11.5 Å². The number of carbonyl (C=O) groups is 1. The van der Waals surface area contributed by atoms with E-state index in [0.29, 0.717) is 45.5 Å². The van der Waals surface area contributed by atoms with Crippen molar-refractivity contribution in [2.75, 3.05) is 5.32 Å². The van der Waals surface area contributed by atoms with Crippen molar-refractivity contribution in [3.05, 3.63) is 127 Å². The molecule has 0 saturated carbocycles. The molecular weight excluding hydrogens is 632 g/mol. The van der Waals surface area contributed by atoms with Crippen molar-refractivity contribution in [1.82, 2.24) is 0 Å². The minimum atomic E-state index is -0.534. The average Bonchev–Trinajstić information content (AvgIpc) is 2.92. The molecule has 38 heavy (non-hydrogen) atoms. The molecule has 0 radical (unpaired) electrons. The quantitative estimate of drug-likeness (QED) is 0.145. The number of anilines is 1. The maximum atomic E-state index is 12.8. The molecule has 1 N–H and O–H groups in total. The zero-order valence-electron chi connectivity index (χ0n) is 20.0. The van der Waals surface area contributed by atoms with E-state index in [1.54, 1.807) is 36.4 Å². The van der Waals surface area contributed by atoms with E-state index in [9.17, 15) is 10.1 Å². The van der Waals surface area contributed by atoms with Crippen molar-refractivity contribution >= 4 is 61.1 Å². The number of amides is 1. The Morgan fingerprint density at radius 1 is 0.895 bits per heavy atom. The molecule has 4 aromatic rings. The van der Waals surface area contributed by atoms with Crippen molar-refractivity contribution in [3.8, 4) is 17.6 Å². The number of hydrogen-bond acceptors (Lipinski definition) is 4. The molecule has 4 rings (SSSR count). The van der Waals surface area contributed by atoms with Crippen LogP contribution in [0, 0.1) is 11.3 Å². The molecule has 1 amide bonds. The fourth-order valence-electron chi connectivity index (χ4n) is 3.43. The maximum absolute atomic E-state index is 12.8. The molecule has 4 aromatic carbocycles. The van der Waals surface area contributed by atoms with E-state index < -0.39 is 5.91 Å². The Kier molecular flexibility index (Phi) is 9.61. The number of nitrogens with one attached hydrogen (secondary N) is 1. The van der Waals surface area contributed by atoms with Gasteiger partial charge >= 0.3 is 0 Å². The van der Waals surface area contributed by atoms with Crippen LogP contribution in [0.25, 0.3) is 6.08 Å². The van der Waals surface area contributed by atoms with Gasteiger partial charge in [-0.05, 0) is 87.2 Å². The normalized spacial score (nSPS) is 10.9. The Morgan fingerprint density at radius 2 is 1.55 bits per heavy atom. The van der Waals surface area contributed by atoms with Crippen molar-refractivity contribution in [1.29, 1.82) is 5.26 Å². The largest absolute Gasteiger partial charge is 0.489 e. The lowest BCUT2D eigenvalue weighted by Crippen LogP contribution is -2.13. The predicted octanol–water partition coefficient (Wildman–Crippen LogP) is 8.57. The first-order valence-corrected chi connectivity index (χ1v) is 13.4. The highest BCUT2D eigenvalue weighted by molar-refractivity contribution is 9.10. The third-order valence-corrected chi connectivity index (χ3v) is 6.75. The van der Waals surface area contributed by atoms with Crippen LogP contribution < -0.4 is 14.8 Å². The molecule has 0 bridgehead atoms. The Hall–Kier alpha value is -3.57. The maximum Gasteiger partial charge on any atom is 0.266 e. The minimum absolute atomic E-state index is 0.0686. The lowest BCUT2D eigenvalue weighted by Gasteiger charge is -2.12. The highest BCUT2D eigenvalue weighted by Gasteiger charge is 2.13. The molecular formula is C30H21Br2ClN2O3. The second-order valence-corrected chi connectivity index (χ2v) is 10.3. The van der Waals surface area contributed by atoms with Crippen LogP contribution in [0.3, 0.4) is 0 Å². The van der Waals surface area contributed by atoms with Gasteiger partial charge in [0.25, 0.3) is 5.91 Å². The van der Waals surface area contributed by atoms with Gasteiger partial charge in [-0.3, -0.25) is 4.79 Å².